The summed E-state index contributed by atoms with van der Waals surface area (Å²) in [6.07, 6.45) is 4.05. The molecule has 1 aromatic rings. The molecule has 1 unspecified atom stereocenters. The molecule has 1 aromatic heterocycles. The molecule has 96 valence electrons. The van der Waals surface area contributed by atoms with Crippen molar-refractivity contribution in [1.29, 1.82) is 0 Å². The molecule has 5 heteroatoms. The molecule has 2 heterocycles. The molecule has 0 radical (unpaired) electrons. The maximum absolute atomic E-state index is 5.77. The van der Waals surface area contributed by atoms with E-state index in [2.05, 4.69) is 23.8 Å². The Bertz CT molecular complexity index is 350. The molecule has 0 spiro atoms. The predicted octanol–water partition coefficient (Wildman–Crippen LogP) is 0.451. The Balaban J connectivity index is 1.90. The Morgan fingerprint density at radius 1 is 1.59 bits per heavy atom. The van der Waals surface area contributed by atoms with Crippen LogP contribution in [0.2, 0.25) is 0 Å². The normalized spacial score (nSPS) is 22.2. The summed E-state index contributed by atoms with van der Waals surface area (Å²) in [5.74, 6) is 0. The van der Waals surface area contributed by atoms with Crippen LogP contribution in [0.4, 0.5) is 0 Å². The first-order valence-corrected chi connectivity index (χ1v) is 6.26. The fraction of sp³-hybridized carbons (Fsp3) is 0.750. The molecule has 17 heavy (non-hydrogen) atoms. The maximum atomic E-state index is 5.77. The van der Waals surface area contributed by atoms with Crippen LogP contribution in [0.15, 0.2) is 12.4 Å². The van der Waals surface area contributed by atoms with E-state index in [9.17, 15) is 0 Å². The van der Waals surface area contributed by atoms with E-state index in [0.29, 0.717) is 12.6 Å². The van der Waals surface area contributed by atoms with Crippen LogP contribution in [0, 0.1) is 0 Å². The third-order valence-corrected chi connectivity index (χ3v) is 3.21. The van der Waals surface area contributed by atoms with Gasteiger partial charge in [-0.15, -0.1) is 0 Å². The summed E-state index contributed by atoms with van der Waals surface area (Å²) in [5, 5.41) is 4.29. The van der Waals surface area contributed by atoms with Crippen molar-refractivity contribution < 1.29 is 4.74 Å². The molecule has 0 aromatic carbocycles. The average Bonchev–Trinajstić information content (AvgIpc) is 2.77. The highest BCUT2D eigenvalue weighted by atomic mass is 16.5. The summed E-state index contributed by atoms with van der Waals surface area (Å²) in [6.45, 7) is 8.63. The van der Waals surface area contributed by atoms with Gasteiger partial charge in [0.15, 0.2) is 0 Å². The van der Waals surface area contributed by atoms with Gasteiger partial charge in [-0.25, -0.2) is 0 Å². The lowest BCUT2D eigenvalue weighted by molar-refractivity contribution is -0.0469. The second-order valence-corrected chi connectivity index (χ2v) is 4.86. The van der Waals surface area contributed by atoms with Gasteiger partial charge in [-0.3, -0.25) is 9.58 Å². The largest absolute Gasteiger partial charge is 0.374 e. The van der Waals surface area contributed by atoms with E-state index in [1.165, 1.54) is 0 Å². The van der Waals surface area contributed by atoms with Gasteiger partial charge in [-0.1, -0.05) is 0 Å². The molecule has 1 aliphatic heterocycles. The number of hydrogen-bond acceptors (Lipinski definition) is 4. The van der Waals surface area contributed by atoms with Crippen molar-refractivity contribution in [1.82, 2.24) is 14.7 Å². The number of morpholine rings is 1. The average molecular weight is 238 g/mol. The lowest BCUT2D eigenvalue weighted by atomic mass is 10.2. The molecule has 1 aliphatic rings. The molecule has 5 nitrogen and oxygen atoms in total. The van der Waals surface area contributed by atoms with Gasteiger partial charge in [-0.05, 0) is 13.8 Å². The van der Waals surface area contributed by atoms with Gasteiger partial charge in [0.05, 0.1) is 25.5 Å². The van der Waals surface area contributed by atoms with Crippen molar-refractivity contribution in [3.05, 3.63) is 18.0 Å². The SMILES string of the molecule is CC(C)N1CCOC(Cn2cc(CN)cn2)C1. The van der Waals surface area contributed by atoms with Crippen molar-refractivity contribution in [2.24, 2.45) is 5.73 Å². The minimum atomic E-state index is 0.233. The number of ether oxygens (including phenoxy) is 1. The van der Waals surface area contributed by atoms with Crippen LogP contribution in [-0.2, 0) is 17.8 Å². The monoisotopic (exact) mass is 238 g/mol. The number of nitrogens with two attached hydrogens (primary N) is 1. The van der Waals surface area contributed by atoms with Crippen molar-refractivity contribution in [3.63, 3.8) is 0 Å². The smallest absolute Gasteiger partial charge is 0.0898 e. The molecule has 0 bridgehead atoms. The lowest BCUT2D eigenvalue weighted by Gasteiger charge is -2.35. The Morgan fingerprint density at radius 3 is 3.06 bits per heavy atom. The van der Waals surface area contributed by atoms with E-state index in [4.69, 9.17) is 10.5 Å². The van der Waals surface area contributed by atoms with Crippen molar-refractivity contribution in [2.75, 3.05) is 19.7 Å². The van der Waals surface area contributed by atoms with Crippen LogP contribution in [0.25, 0.3) is 0 Å². The van der Waals surface area contributed by atoms with Gasteiger partial charge in [0.1, 0.15) is 0 Å². The molecule has 2 rings (SSSR count). The van der Waals surface area contributed by atoms with E-state index < -0.39 is 0 Å². The van der Waals surface area contributed by atoms with Crippen molar-refractivity contribution in [2.45, 2.75) is 39.1 Å². The summed E-state index contributed by atoms with van der Waals surface area (Å²) in [5.41, 5.74) is 6.64. The van der Waals surface area contributed by atoms with Crippen molar-refractivity contribution in [3.8, 4) is 0 Å². The standard InChI is InChI=1S/C12H22N4O/c1-10(2)15-3-4-17-12(8-15)9-16-7-11(5-13)6-14-16/h6-7,10,12H,3-5,8-9,13H2,1-2H3. The molecule has 0 amide bonds. The Hall–Kier alpha value is -0.910. The van der Waals surface area contributed by atoms with Crippen LogP contribution in [0.3, 0.4) is 0 Å². The highest BCUT2D eigenvalue weighted by molar-refractivity contribution is 5.02. The van der Waals surface area contributed by atoms with Crippen LogP contribution < -0.4 is 5.73 Å². The lowest BCUT2D eigenvalue weighted by Crippen LogP contribution is -2.47. The number of nitrogens with zero attached hydrogens (tertiary/aromatic N) is 3. The highest BCUT2D eigenvalue weighted by Crippen LogP contribution is 2.10. The maximum Gasteiger partial charge on any atom is 0.0898 e. The van der Waals surface area contributed by atoms with E-state index >= 15 is 0 Å². The second kappa shape index (κ2) is 5.62. The zero-order chi connectivity index (χ0) is 12.3. The summed E-state index contributed by atoms with van der Waals surface area (Å²) < 4.78 is 7.70. The summed E-state index contributed by atoms with van der Waals surface area (Å²) in [6, 6.07) is 0.582. The Kier molecular flexibility index (Phi) is 4.15. The molecule has 1 fully saturated rings. The van der Waals surface area contributed by atoms with Gasteiger partial charge in [-0.2, -0.15) is 5.10 Å². The van der Waals surface area contributed by atoms with E-state index in [0.717, 1.165) is 31.8 Å². The summed E-state index contributed by atoms with van der Waals surface area (Å²) in [7, 11) is 0. The van der Waals surface area contributed by atoms with Gasteiger partial charge >= 0.3 is 0 Å². The van der Waals surface area contributed by atoms with E-state index in [-0.39, 0.29) is 6.10 Å². The molecule has 1 atom stereocenters. The first kappa shape index (κ1) is 12.5. The van der Waals surface area contributed by atoms with Crippen LogP contribution in [0.5, 0.6) is 0 Å². The second-order valence-electron chi connectivity index (χ2n) is 4.86. The molecule has 2 N–H and O–H groups in total. The molecule has 0 saturated carbocycles. The third-order valence-electron chi connectivity index (χ3n) is 3.21. The Morgan fingerprint density at radius 2 is 2.41 bits per heavy atom. The summed E-state index contributed by atoms with van der Waals surface area (Å²) in [4.78, 5) is 2.45. The fourth-order valence-corrected chi connectivity index (χ4v) is 2.14. The first-order chi connectivity index (χ1) is 8.19. The minimum absolute atomic E-state index is 0.233. The van der Waals surface area contributed by atoms with Gasteiger partial charge in [0, 0.05) is 37.4 Å². The van der Waals surface area contributed by atoms with E-state index in [1.807, 2.05) is 17.1 Å². The van der Waals surface area contributed by atoms with E-state index in [1.54, 1.807) is 0 Å². The highest BCUT2D eigenvalue weighted by Gasteiger charge is 2.22. The van der Waals surface area contributed by atoms with Gasteiger partial charge in [0.2, 0.25) is 0 Å². The van der Waals surface area contributed by atoms with Crippen molar-refractivity contribution >= 4 is 0 Å². The first-order valence-electron chi connectivity index (χ1n) is 6.26. The Labute approximate surface area is 103 Å². The molecular weight excluding hydrogens is 216 g/mol. The van der Waals surface area contributed by atoms with Crippen LogP contribution in [-0.4, -0.2) is 46.5 Å². The topological polar surface area (TPSA) is 56.3 Å². The fourth-order valence-electron chi connectivity index (χ4n) is 2.14. The zero-order valence-electron chi connectivity index (χ0n) is 10.7. The quantitative estimate of drug-likeness (QED) is 0.827. The molecular formula is C12H22N4O. The van der Waals surface area contributed by atoms with Gasteiger partial charge in [0.25, 0.3) is 0 Å². The van der Waals surface area contributed by atoms with Gasteiger partial charge < -0.3 is 10.5 Å². The number of rotatable bonds is 4. The predicted molar refractivity (Wildman–Crippen MR) is 66.6 cm³/mol. The van der Waals surface area contributed by atoms with Crippen LogP contribution >= 0.6 is 0 Å². The molecule has 1 saturated heterocycles. The number of aromatic nitrogens is 2. The minimum Gasteiger partial charge on any atom is -0.374 e. The molecule has 0 aliphatic carbocycles. The zero-order valence-corrected chi connectivity index (χ0v) is 10.7. The number of hydrogen-bond donors (Lipinski definition) is 1. The third kappa shape index (κ3) is 3.28. The van der Waals surface area contributed by atoms with Crippen LogP contribution in [0.1, 0.15) is 19.4 Å². The summed E-state index contributed by atoms with van der Waals surface area (Å²) >= 11 is 0.